The highest BCUT2D eigenvalue weighted by Crippen LogP contribution is 2.31. The van der Waals surface area contributed by atoms with E-state index in [-0.39, 0.29) is 6.04 Å². The van der Waals surface area contributed by atoms with Crippen molar-refractivity contribution in [2.75, 3.05) is 31.1 Å². The van der Waals surface area contributed by atoms with Crippen LogP contribution >= 0.6 is 11.3 Å². The summed E-state index contributed by atoms with van der Waals surface area (Å²) in [4.78, 5) is 11.6. The first kappa shape index (κ1) is 17.1. The summed E-state index contributed by atoms with van der Waals surface area (Å²) in [7, 11) is 0. The zero-order valence-corrected chi connectivity index (χ0v) is 15.7. The summed E-state index contributed by atoms with van der Waals surface area (Å²) in [5, 5.41) is 6.62. The van der Waals surface area contributed by atoms with Crippen LogP contribution in [0, 0.1) is 0 Å². The average molecular weight is 372 g/mol. The Kier molecular flexibility index (Phi) is 5.24. The molecule has 26 heavy (non-hydrogen) atoms. The second-order valence-corrected chi connectivity index (χ2v) is 7.54. The molecule has 6 nitrogen and oxygen atoms in total. The Morgan fingerprint density at radius 3 is 3.08 bits per heavy atom. The molecule has 1 aromatic heterocycles. The molecule has 0 spiro atoms. The van der Waals surface area contributed by atoms with E-state index in [1.165, 1.54) is 12.8 Å². The molecule has 1 unspecified atom stereocenters. The molecule has 138 valence electrons. The number of aliphatic imine (C=N–C) groups is 1. The van der Waals surface area contributed by atoms with Gasteiger partial charge in [-0.1, -0.05) is 18.2 Å². The van der Waals surface area contributed by atoms with Crippen molar-refractivity contribution in [1.82, 2.24) is 10.3 Å². The van der Waals surface area contributed by atoms with Gasteiger partial charge in [-0.25, -0.2) is 4.98 Å². The number of anilines is 1. The van der Waals surface area contributed by atoms with E-state index in [2.05, 4.69) is 26.7 Å². The molecule has 4 rings (SSSR count). The molecular formula is C19H25N5OS. The summed E-state index contributed by atoms with van der Waals surface area (Å²) in [6, 6.07) is 8.24. The molecule has 1 fully saturated rings. The molecule has 2 aliphatic rings. The van der Waals surface area contributed by atoms with Gasteiger partial charge < -0.3 is 20.7 Å². The van der Waals surface area contributed by atoms with Crippen LogP contribution in [0.25, 0.3) is 0 Å². The number of thiazole rings is 1. The molecular weight excluding hydrogens is 346 g/mol. The van der Waals surface area contributed by atoms with Crippen LogP contribution in [0.4, 0.5) is 5.13 Å². The third kappa shape index (κ3) is 3.93. The minimum Gasteiger partial charge on any atom is -0.493 e. The van der Waals surface area contributed by atoms with Gasteiger partial charge >= 0.3 is 0 Å². The van der Waals surface area contributed by atoms with Gasteiger partial charge in [-0.3, -0.25) is 4.99 Å². The quantitative estimate of drug-likeness (QED) is 0.624. The molecule has 2 aliphatic heterocycles. The Bertz CT molecular complexity index is 769. The molecule has 0 saturated carbocycles. The van der Waals surface area contributed by atoms with Crippen molar-refractivity contribution in [2.45, 2.75) is 31.7 Å². The highest BCUT2D eigenvalue weighted by molar-refractivity contribution is 7.13. The maximum absolute atomic E-state index is 6.10. The normalized spacial score (nSPS) is 19.9. The fraction of sp³-hybridized carbons (Fsp3) is 0.474. The number of nitrogens with one attached hydrogen (secondary N) is 1. The molecule has 0 bridgehead atoms. The lowest BCUT2D eigenvalue weighted by Crippen LogP contribution is -2.37. The van der Waals surface area contributed by atoms with Crippen LogP contribution in [0.15, 0.2) is 34.6 Å². The van der Waals surface area contributed by atoms with Gasteiger partial charge in [0.2, 0.25) is 0 Å². The zero-order valence-electron chi connectivity index (χ0n) is 14.9. The summed E-state index contributed by atoms with van der Waals surface area (Å²) in [5.41, 5.74) is 8.35. The molecule has 3 N–H and O–H groups in total. The molecule has 0 radical (unpaired) electrons. The van der Waals surface area contributed by atoms with Gasteiger partial charge in [-0.15, -0.1) is 11.3 Å². The summed E-state index contributed by atoms with van der Waals surface area (Å²) < 4.78 is 5.69. The van der Waals surface area contributed by atoms with E-state index in [0.717, 1.165) is 48.1 Å². The maximum atomic E-state index is 6.10. The summed E-state index contributed by atoms with van der Waals surface area (Å²) in [6.45, 7) is 3.61. The van der Waals surface area contributed by atoms with E-state index < -0.39 is 0 Å². The second kappa shape index (κ2) is 7.95. The topological polar surface area (TPSA) is 75.8 Å². The standard InChI is InChI=1S/C19H25N5OS/c20-18(23-16-8-12-25-17-6-2-1-5-15(16)17)21-9-7-14-13-26-19(22-14)24-10-3-4-11-24/h1-2,5-6,13,16H,3-4,7-12H2,(H3,20,21,23). The Morgan fingerprint density at radius 1 is 1.35 bits per heavy atom. The lowest BCUT2D eigenvalue weighted by Gasteiger charge is -2.26. The van der Waals surface area contributed by atoms with E-state index >= 15 is 0 Å². The van der Waals surface area contributed by atoms with Crippen molar-refractivity contribution in [3.05, 3.63) is 40.9 Å². The monoisotopic (exact) mass is 371 g/mol. The minimum atomic E-state index is 0.157. The number of hydrogen-bond donors (Lipinski definition) is 2. The van der Waals surface area contributed by atoms with Crippen molar-refractivity contribution < 1.29 is 4.74 Å². The predicted molar refractivity (Wildman–Crippen MR) is 106 cm³/mol. The van der Waals surface area contributed by atoms with Gasteiger partial charge in [0.15, 0.2) is 11.1 Å². The maximum Gasteiger partial charge on any atom is 0.189 e. The van der Waals surface area contributed by atoms with Crippen LogP contribution in [-0.2, 0) is 6.42 Å². The van der Waals surface area contributed by atoms with Gasteiger partial charge in [-0.05, 0) is 18.9 Å². The lowest BCUT2D eigenvalue weighted by atomic mass is 10.0. The lowest BCUT2D eigenvalue weighted by molar-refractivity contribution is 0.262. The highest BCUT2D eigenvalue weighted by Gasteiger charge is 2.21. The van der Waals surface area contributed by atoms with E-state index in [4.69, 9.17) is 15.5 Å². The van der Waals surface area contributed by atoms with Crippen LogP contribution < -0.4 is 20.7 Å². The molecule has 7 heteroatoms. The van der Waals surface area contributed by atoms with Gasteiger partial charge in [0, 0.05) is 43.4 Å². The number of benzene rings is 1. The van der Waals surface area contributed by atoms with Crippen molar-refractivity contribution in [2.24, 2.45) is 10.7 Å². The minimum absolute atomic E-state index is 0.157. The number of fused-ring (bicyclic) bond motifs is 1. The van der Waals surface area contributed by atoms with Gasteiger partial charge in [0.05, 0.1) is 18.3 Å². The van der Waals surface area contributed by atoms with Gasteiger partial charge in [-0.2, -0.15) is 0 Å². The summed E-state index contributed by atoms with van der Waals surface area (Å²) >= 11 is 1.73. The smallest absolute Gasteiger partial charge is 0.189 e. The van der Waals surface area contributed by atoms with Crippen LogP contribution in [0.5, 0.6) is 5.75 Å². The largest absolute Gasteiger partial charge is 0.493 e. The number of para-hydroxylation sites is 1. The van der Waals surface area contributed by atoms with E-state index in [0.29, 0.717) is 19.1 Å². The Hall–Kier alpha value is -2.28. The van der Waals surface area contributed by atoms with E-state index in [1.54, 1.807) is 11.3 Å². The van der Waals surface area contributed by atoms with Crippen LogP contribution in [-0.4, -0.2) is 37.2 Å². The Morgan fingerprint density at radius 2 is 2.19 bits per heavy atom. The summed E-state index contributed by atoms with van der Waals surface area (Å²) in [5.74, 6) is 1.42. The highest BCUT2D eigenvalue weighted by atomic mass is 32.1. The van der Waals surface area contributed by atoms with Crippen molar-refractivity contribution >= 4 is 22.4 Å². The summed E-state index contributed by atoms with van der Waals surface area (Å²) in [6.07, 6.45) is 4.25. The van der Waals surface area contributed by atoms with Crippen LogP contribution in [0.2, 0.25) is 0 Å². The zero-order chi connectivity index (χ0) is 17.8. The van der Waals surface area contributed by atoms with Crippen molar-refractivity contribution in [3.8, 4) is 5.75 Å². The van der Waals surface area contributed by atoms with E-state index in [1.807, 2.05) is 18.2 Å². The predicted octanol–water partition coefficient (Wildman–Crippen LogP) is 2.71. The molecule has 1 atom stereocenters. The third-order valence-corrected chi connectivity index (χ3v) is 5.80. The van der Waals surface area contributed by atoms with Crippen molar-refractivity contribution in [3.63, 3.8) is 0 Å². The third-order valence-electron chi connectivity index (χ3n) is 4.85. The molecule has 3 heterocycles. The van der Waals surface area contributed by atoms with Gasteiger partial charge in [0.25, 0.3) is 0 Å². The number of rotatable bonds is 5. The number of hydrogen-bond acceptors (Lipinski definition) is 5. The van der Waals surface area contributed by atoms with Crippen molar-refractivity contribution in [1.29, 1.82) is 0 Å². The Labute approximate surface area is 158 Å². The van der Waals surface area contributed by atoms with Crippen LogP contribution in [0.1, 0.15) is 36.6 Å². The number of guanidine groups is 1. The van der Waals surface area contributed by atoms with E-state index in [9.17, 15) is 0 Å². The molecule has 2 aromatic rings. The molecule has 1 aromatic carbocycles. The fourth-order valence-electron chi connectivity index (χ4n) is 3.47. The number of aromatic nitrogens is 1. The average Bonchev–Trinajstić information content (AvgIpc) is 3.34. The SMILES string of the molecule is NC(=NCCc1csc(N2CCCC2)n1)NC1CCOc2ccccc21. The number of nitrogens with two attached hydrogens (primary N) is 1. The number of ether oxygens (including phenoxy) is 1. The Balaban J connectivity index is 1.30. The van der Waals surface area contributed by atoms with Crippen LogP contribution in [0.3, 0.4) is 0 Å². The second-order valence-electron chi connectivity index (χ2n) is 6.70. The first-order chi connectivity index (χ1) is 12.8. The number of nitrogens with zero attached hydrogens (tertiary/aromatic N) is 3. The first-order valence-corrected chi connectivity index (χ1v) is 10.1. The molecule has 1 saturated heterocycles. The molecule has 0 amide bonds. The fourth-order valence-corrected chi connectivity index (χ4v) is 4.39. The molecule has 0 aliphatic carbocycles. The first-order valence-electron chi connectivity index (χ1n) is 9.27. The van der Waals surface area contributed by atoms with Gasteiger partial charge in [0.1, 0.15) is 5.75 Å².